The van der Waals surface area contributed by atoms with Gasteiger partial charge in [0.25, 0.3) is 0 Å². The maximum atomic E-state index is 10.1. The number of rotatable bonds is 3. The SMILES string of the molecule is Cc1c(-c2ccc3c(c2)OCCO3)cccc1-c1nc2cc3c(c(C#N)c2o1)CCC3N1CCCC1. The average Bonchev–Trinajstić information content (AvgIpc) is 3.67. The average molecular weight is 478 g/mol. The fraction of sp³-hybridized carbons (Fsp3) is 0.333. The van der Waals surface area contributed by atoms with Crippen LogP contribution in [-0.2, 0) is 6.42 Å². The van der Waals surface area contributed by atoms with E-state index in [0.29, 0.717) is 36.3 Å². The first kappa shape index (κ1) is 21.5. The van der Waals surface area contributed by atoms with E-state index in [0.717, 1.165) is 70.8 Å². The van der Waals surface area contributed by atoms with Crippen LogP contribution >= 0.6 is 0 Å². The Morgan fingerprint density at radius 2 is 1.81 bits per heavy atom. The summed E-state index contributed by atoms with van der Waals surface area (Å²) < 4.78 is 17.8. The zero-order chi connectivity index (χ0) is 24.2. The highest BCUT2D eigenvalue weighted by Crippen LogP contribution is 2.43. The molecule has 6 nitrogen and oxygen atoms in total. The van der Waals surface area contributed by atoms with E-state index in [1.54, 1.807) is 0 Å². The largest absolute Gasteiger partial charge is 0.486 e. The summed E-state index contributed by atoms with van der Waals surface area (Å²) >= 11 is 0. The Labute approximate surface area is 210 Å². The molecular formula is C30H27N3O3. The van der Waals surface area contributed by atoms with Gasteiger partial charge in [-0.2, -0.15) is 5.26 Å². The lowest BCUT2D eigenvalue weighted by atomic mass is 9.96. The topological polar surface area (TPSA) is 71.5 Å². The van der Waals surface area contributed by atoms with E-state index >= 15 is 0 Å². The third kappa shape index (κ3) is 3.30. The van der Waals surface area contributed by atoms with Gasteiger partial charge in [-0.25, -0.2) is 4.98 Å². The van der Waals surface area contributed by atoms with E-state index in [-0.39, 0.29) is 0 Å². The Morgan fingerprint density at radius 3 is 2.64 bits per heavy atom. The maximum absolute atomic E-state index is 10.1. The van der Waals surface area contributed by atoms with Gasteiger partial charge in [-0.3, -0.25) is 4.90 Å². The number of benzene rings is 3. The lowest BCUT2D eigenvalue weighted by molar-refractivity contribution is 0.171. The van der Waals surface area contributed by atoms with Gasteiger partial charge in [0.1, 0.15) is 30.4 Å². The van der Waals surface area contributed by atoms with Crippen LogP contribution in [0.4, 0.5) is 0 Å². The van der Waals surface area contributed by atoms with E-state index in [2.05, 4.69) is 36.1 Å². The maximum Gasteiger partial charge on any atom is 0.227 e. The summed E-state index contributed by atoms with van der Waals surface area (Å²) in [6, 6.07) is 17.2. The zero-order valence-corrected chi connectivity index (χ0v) is 20.3. The molecule has 7 rings (SSSR count). The molecule has 1 aromatic heterocycles. The first-order chi connectivity index (χ1) is 17.7. The first-order valence-corrected chi connectivity index (χ1v) is 12.8. The van der Waals surface area contributed by atoms with E-state index < -0.39 is 0 Å². The van der Waals surface area contributed by atoms with E-state index in [1.807, 2.05) is 24.3 Å². The number of nitriles is 1. The van der Waals surface area contributed by atoms with Crippen molar-refractivity contribution in [2.45, 2.75) is 38.6 Å². The van der Waals surface area contributed by atoms with Crippen molar-refractivity contribution in [3.05, 3.63) is 64.7 Å². The summed E-state index contributed by atoms with van der Waals surface area (Å²) in [5, 5.41) is 10.1. The Bertz CT molecular complexity index is 1540. The second-order valence-corrected chi connectivity index (χ2v) is 9.93. The molecule has 6 heteroatoms. The molecule has 1 unspecified atom stereocenters. The number of likely N-dealkylation sites (tertiary alicyclic amines) is 1. The predicted molar refractivity (Wildman–Crippen MR) is 137 cm³/mol. The number of hydrogen-bond donors (Lipinski definition) is 0. The van der Waals surface area contributed by atoms with Gasteiger partial charge in [0.05, 0.1) is 0 Å². The van der Waals surface area contributed by atoms with Crippen LogP contribution in [0.3, 0.4) is 0 Å². The molecule has 1 fully saturated rings. The van der Waals surface area contributed by atoms with Crippen molar-refractivity contribution in [1.82, 2.24) is 9.88 Å². The molecule has 2 aliphatic heterocycles. The van der Waals surface area contributed by atoms with Crippen LogP contribution < -0.4 is 9.47 Å². The van der Waals surface area contributed by atoms with Gasteiger partial charge in [0.15, 0.2) is 17.1 Å². The lowest BCUT2D eigenvalue weighted by Crippen LogP contribution is -2.23. The highest BCUT2D eigenvalue weighted by Gasteiger charge is 2.33. The van der Waals surface area contributed by atoms with Gasteiger partial charge in [-0.15, -0.1) is 0 Å². The fourth-order valence-corrected chi connectivity index (χ4v) is 6.18. The van der Waals surface area contributed by atoms with Crippen LogP contribution in [0.15, 0.2) is 46.9 Å². The van der Waals surface area contributed by atoms with Gasteiger partial charge in [0, 0.05) is 11.6 Å². The molecule has 1 atom stereocenters. The second kappa shape index (κ2) is 8.39. The molecule has 3 aliphatic rings. The smallest absolute Gasteiger partial charge is 0.227 e. The molecule has 0 radical (unpaired) electrons. The van der Waals surface area contributed by atoms with Crippen molar-refractivity contribution in [2.24, 2.45) is 0 Å². The van der Waals surface area contributed by atoms with Gasteiger partial charge >= 0.3 is 0 Å². The summed E-state index contributed by atoms with van der Waals surface area (Å²) in [5.41, 5.74) is 8.59. The number of oxazole rings is 1. The number of aromatic nitrogens is 1. The monoisotopic (exact) mass is 477 g/mol. The predicted octanol–water partition coefficient (Wildman–Crippen LogP) is 6.20. The Hall–Kier alpha value is -3.82. The lowest BCUT2D eigenvalue weighted by Gasteiger charge is -2.24. The Kier molecular flexibility index (Phi) is 5.00. The van der Waals surface area contributed by atoms with Crippen LogP contribution in [-0.4, -0.2) is 36.2 Å². The molecule has 0 spiro atoms. The fourth-order valence-electron chi connectivity index (χ4n) is 6.18. The third-order valence-electron chi connectivity index (χ3n) is 7.96. The highest BCUT2D eigenvalue weighted by molar-refractivity contribution is 5.86. The molecule has 1 aliphatic carbocycles. The van der Waals surface area contributed by atoms with Crippen molar-refractivity contribution in [1.29, 1.82) is 5.26 Å². The molecule has 3 aromatic carbocycles. The summed E-state index contributed by atoms with van der Waals surface area (Å²) in [6.45, 7) is 5.50. The van der Waals surface area contributed by atoms with E-state index in [9.17, 15) is 5.26 Å². The van der Waals surface area contributed by atoms with Crippen molar-refractivity contribution in [3.63, 3.8) is 0 Å². The van der Waals surface area contributed by atoms with Crippen molar-refractivity contribution < 1.29 is 13.9 Å². The molecule has 0 bridgehead atoms. The summed E-state index contributed by atoms with van der Waals surface area (Å²) in [7, 11) is 0. The summed E-state index contributed by atoms with van der Waals surface area (Å²) in [6.07, 6.45) is 4.50. The van der Waals surface area contributed by atoms with Crippen LogP contribution in [0, 0.1) is 18.3 Å². The van der Waals surface area contributed by atoms with E-state index in [4.69, 9.17) is 18.9 Å². The molecular weight excluding hydrogens is 450 g/mol. The first-order valence-electron chi connectivity index (χ1n) is 12.8. The number of hydrogen-bond acceptors (Lipinski definition) is 6. The van der Waals surface area contributed by atoms with E-state index in [1.165, 1.54) is 18.4 Å². The Balaban J connectivity index is 1.32. The second-order valence-electron chi connectivity index (χ2n) is 9.93. The molecule has 180 valence electrons. The van der Waals surface area contributed by atoms with Crippen molar-refractivity contribution >= 4 is 11.1 Å². The standard InChI is InChI=1S/C30H27N3O3/c1-18-20(19-7-10-27-28(15-19)35-14-13-34-27)5-4-6-21(18)30-32-25-16-23-22(24(17-31)29(25)36-30)8-9-26(23)33-11-2-3-12-33/h4-7,10,15-16,26H,2-3,8-9,11-14H2,1H3. The summed E-state index contributed by atoms with van der Waals surface area (Å²) in [5.74, 6) is 2.10. The minimum Gasteiger partial charge on any atom is -0.486 e. The molecule has 0 N–H and O–H groups in total. The quantitative estimate of drug-likeness (QED) is 0.350. The normalized spacial score (nSPS) is 18.9. The van der Waals surface area contributed by atoms with Crippen LogP contribution in [0.5, 0.6) is 11.5 Å². The van der Waals surface area contributed by atoms with Gasteiger partial charge in [-0.05, 0) is 97.8 Å². The summed E-state index contributed by atoms with van der Waals surface area (Å²) in [4.78, 5) is 7.49. The zero-order valence-electron chi connectivity index (χ0n) is 20.3. The number of fused-ring (bicyclic) bond motifs is 3. The molecule has 0 amide bonds. The molecule has 4 aromatic rings. The minimum absolute atomic E-state index is 0.388. The Morgan fingerprint density at radius 1 is 1.00 bits per heavy atom. The van der Waals surface area contributed by atoms with Gasteiger partial charge < -0.3 is 13.9 Å². The van der Waals surface area contributed by atoms with Crippen molar-refractivity contribution in [2.75, 3.05) is 26.3 Å². The molecule has 1 saturated heterocycles. The molecule has 36 heavy (non-hydrogen) atoms. The molecule has 0 saturated carbocycles. The van der Waals surface area contributed by atoms with Crippen LogP contribution in [0.1, 0.15) is 47.6 Å². The minimum atomic E-state index is 0.388. The third-order valence-corrected chi connectivity index (χ3v) is 7.96. The number of nitrogens with zero attached hydrogens (tertiary/aromatic N) is 3. The number of ether oxygens (including phenoxy) is 2. The molecule has 3 heterocycles. The van der Waals surface area contributed by atoms with Crippen LogP contribution in [0.2, 0.25) is 0 Å². The van der Waals surface area contributed by atoms with Gasteiger partial charge in [0.2, 0.25) is 5.89 Å². The highest BCUT2D eigenvalue weighted by atomic mass is 16.6. The van der Waals surface area contributed by atoms with Crippen LogP contribution in [0.25, 0.3) is 33.7 Å². The van der Waals surface area contributed by atoms with Gasteiger partial charge in [-0.1, -0.05) is 18.2 Å². The van der Waals surface area contributed by atoms with Crippen molar-refractivity contribution in [3.8, 4) is 40.1 Å².